The maximum absolute atomic E-state index is 16.4. The average Bonchev–Trinajstić information content (AvgIpc) is 3.39. The number of halogens is 2. The molecule has 0 bridgehead atoms. The van der Waals surface area contributed by atoms with E-state index in [0.29, 0.717) is 36.4 Å². The summed E-state index contributed by atoms with van der Waals surface area (Å²) in [6, 6.07) is 16.6. The van der Waals surface area contributed by atoms with Crippen LogP contribution < -0.4 is 5.32 Å². The maximum atomic E-state index is 16.4. The molecule has 1 aromatic heterocycles. The van der Waals surface area contributed by atoms with E-state index in [4.69, 9.17) is 13.9 Å². The number of hydrogen-bond acceptors (Lipinski definition) is 6. The van der Waals surface area contributed by atoms with Crippen molar-refractivity contribution in [2.24, 2.45) is 0 Å². The molecule has 1 N–H and O–H groups in total. The fraction of sp³-hybridized carbons (Fsp3) is 0.387. The number of benzene rings is 2. The van der Waals surface area contributed by atoms with E-state index in [0.717, 1.165) is 42.6 Å². The van der Waals surface area contributed by atoms with E-state index in [1.54, 1.807) is 24.5 Å². The second-order valence-corrected chi connectivity index (χ2v) is 9.99. The summed E-state index contributed by atoms with van der Waals surface area (Å²) < 4.78 is 47.2. The Morgan fingerprint density at radius 2 is 1.72 bits per heavy atom. The number of likely N-dealkylation sites (tertiary alicyclic amines) is 1. The summed E-state index contributed by atoms with van der Waals surface area (Å²) >= 11 is 0. The van der Waals surface area contributed by atoms with Crippen molar-refractivity contribution in [3.8, 4) is 11.3 Å². The fourth-order valence-corrected chi connectivity index (χ4v) is 5.30. The molecule has 3 aromatic rings. The van der Waals surface area contributed by atoms with Crippen LogP contribution in [0.3, 0.4) is 0 Å². The topological polar surface area (TPSA) is 59.8 Å². The van der Waals surface area contributed by atoms with Gasteiger partial charge in [0.15, 0.2) is 5.67 Å². The highest BCUT2D eigenvalue weighted by Gasteiger charge is 2.39. The number of hydrogen-bond donors (Lipinski definition) is 1. The van der Waals surface area contributed by atoms with Crippen LogP contribution in [0.15, 0.2) is 82.9 Å². The standard InChI is InChI=1S/C31H35F2N3O3/c1-3-37-27-18-31(33,19-28(38-4-2)29(27)23-8-6-5-7-9-23)21-36-16-14-25(15-17-36)34-30-35-26(20-39-30)22-10-12-24(32)13-11-22/h5-13,18,20,25H,3-4,14-17,19,21H2,1-2H3,(H,34,35). The van der Waals surface area contributed by atoms with Crippen LogP contribution in [0.25, 0.3) is 16.8 Å². The predicted octanol–water partition coefficient (Wildman–Crippen LogP) is 6.84. The molecule has 2 aliphatic rings. The number of rotatable bonds is 10. The van der Waals surface area contributed by atoms with E-state index in [9.17, 15) is 4.39 Å². The maximum Gasteiger partial charge on any atom is 0.295 e. The number of oxazole rings is 1. The molecule has 1 atom stereocenters. The largest absolute Gasteiger partial charge is 0.497 e. The Bertz CT molecular complexity index is 1300. The molecule has 0 saturated carbocycles. The van der Waals surface area contributed by atoms with Gasteiger partial charge in [0.1, 0.15) is 29.3 Å². The van der Waals surface area contributed by atoms with Crippen LogP contribution in [0.5, 0.6) is 0 Å². The van der Waals surface area contributed by atoms with Crippen LogP contribution in [0.2, 0.25) is 0 Å². The molecule has 0 radical (unpaired) electrons. The molecule has 0 amide bonds. The van der Waals surface area contributed by atoms with Gasteiger partial charge in [0, 0.05) is 37.7 Å². The van der Waals surface area contributed by atoms with Gasteiger partial charge in [-0.15, -0.1) is 0 Å². The Morgan fingerprint density at radius 3 is 2.41 bits per heavy atom. The Balaban J connectivity index is 1.22. The van der Waals surface area contributed by atoms with Crippen LogP contribution >= 0.6 is 0 Å². The van der Waals surface area contributed by atoms with E-state index in [2.05, 4.69) is 15.2 Å². The number of allylic oxidation sites excluding steroid dienone is 2. The highest BCUT2D eigenvalue weighted by molar-refractivity contribution is 5.80. The number of ether oxygens (including phenoxy) is 2. The minimum atomic E-state index is -1.60. The van der Waals surface area contributed by atoms with E-state index in [1.807, 2.05) is 44.2 Å². The third-order valence-corrected chi connectivity index (χ3v) is 7.10. The Kier molecular flexibility index (Phi) is 8.31. The van der Waals surface area contributed by atoms with Crippen molar-refractivity contribution in [3.05, 3.63) is 89.8 Å². The normalized spacial score (nSPS) is 20.6. The van der Waals surface area contributed by atoms with Gasteiger partial charge in [-0.2, -0.15) is 4.98 Å². The van der Waals surface area contributed by atoms with Gasteiger partial charge < -0.3 is 19.2 Å². The third kappa shape index (κ3) is 6.50. The zero-order valence-electron chi connectivity index (χ0n) is 22.5. The molecule has 206 valence electrons. The molecular weight excluding hydrogens is 500 g/mol. The van der Waals surface area contributed by atoms with Crippen LogP contribution in [-0.2, 0) is 9.47 Å². The van der Waals surface area contributed by atoms with E-state index >= 15 is 4.39 Å². The van der Waals surface area contributed by atoms with Crippen molar-refractivity contribution in [3.63, 3.8) is 0 Å². The minimum absolute atomic E-state index is 0.168. The van der Waals surface area contributed by atoms with Crippen molar-refractivity contribution >= 4 is 11.6 Å². The van der Waals surface area contributed by atoms with E-state index < -0.39 is 5.67 Å². The lowest BCUT2D eigenvalue weighted by Crippen LogP contribution is -2.46. The van der Waals surface area contributed by atoms with Crippen molar-refractivity contribution in [2.75, 3.05) is 38.2 Å². The Labute approximate surface area is 228 Å². The lowest BCUT2D eigenvalue weighted by Gasteiger charge is -2.38. The number of alkyl halides is 1. The van der Waals surface area contributed by atoms with Crippen molar-refractivity contribution < 1.29 is 22.7 Å². The molecule has 1 unspecified atom stereocenters. The summed E-state index contributed by atoms with van der Waals surface area (Å²) in [5.41, 5.74) is 1.64. The van der Waals surface area contributed by atoms with Crippen LogP contribution in [-0.4, -0.2) is 54.4 Å². The van der Waals surface area contributed by atoms with Crippen molar-refractivity contribution in [1.29, 1.82) is 0 Å². The molecule has 1 saturated heterocycles. The smallest absolute Gasteiger partial charge is 0.295 e. The number of aromatic nitrogens is 1. The fourth-order valence-electron chi connectivity index (χ4n) is 5.30. The lowest BCUT2D eigenvalue weighted by molar-refractivity contribution is 0.0872. The van der Waals surface area contributed by atoms with E-state index in [-0.39, 0.29) is 24.8 Å². The molecule has 6 nitrogen and oxygen atoms in total. The molecule has 1 aliphatic heterocycles. The van der Waals surface area contributed by atoms with Gasteiger partial charge in [0.05, 0.1) is 18.8 Å². The summed E-state index contributed by atoms with van der Waals surface area (Å²) in [7, 11) is 0. The molecular formula is C31H35F2N3O3. The first-order valence-electron chi connectivity index (χ1n) is 13.6. The minimum Gasteiger partial charge on any atom is -0.497 e. The second kappa shape index (κ2) is 12.0. The highest BCUT2D eigenvalue weighted by Crippen LogP contribution is 2.41. The number of piperidine rings is 1. The quantitative estimate of drug-likeness (QED) is 0.307. The average molecular weight is 536 g/mol. The summed E-state index contributed by atoms with van der Waals surface area (Å²) in [4.78, 5) is 6.66. The molecule has 1 fully saturated rings. The first kappa shape index (κ1) is 26.9. The first-order chi connectivity index (χ1) is 19.0. The Hall–Kier alpha value is -3.65. The van der Waals surface area contributed by atoms with Gasteiger partial charge in [0.2, 0.25) is 0 Å². The number of anilines is 1. The van der Waals surface area contributed by atoms with Gasteiger partial charge in [-0.3, -0.25) is 4.90 Å². The predicted molar refractivity (Wildman–Crippen MR) is 148 cm³/mol. The van der Waals surface area contributed by atoms with E-state index in [1.165, 1.54) is 12.1 Å². The summed E-state index contributed by atoms with van der Waals surface area (Å²) in [5, 5.41) is 3.36. The first-order valence-corrected chi connectivity index (χ1v) is 13.6. The van der Waals surface area contributed by atoms with Gasteiger partial charge in [-0.1, -0.05) is 30.3 Å². The van der Waals surface area contributed by atoms with Crippen molar-refractivity contribution in [1.82, 2.24) is 9.88 Å². The highest BCUT2D eigenvalue weighted by atomic mass is 19.1. The number of nitrogens with zero attached hydrogens (tertiary/aromatic N) is 2. The van der Waals surface area contributed by atoms with Crippen LogP contribution in [0.4, 0.5) is 14.8 Å². The molecule has 2 aromatic carbocycles. The second-order valence-electron chi connectivity index (χ2n) is 9.99. The van der Waals surface area contributed by atoms with Gasteiger partial charge in [-0.25, -0.2) is 8.78 Å². The molecule has 39 heavy (non-hydrogen) atoms. The molecule has 2 heterocycles. The van der Waals surface area contributed by atoms with Crippen molar-refractivity contribution in [2.45, 2.75) is 44.8 Å². The van der Waals surface area contributed by atoms with Gasteiger partial charge in [-0.05, 0) is 62.6 Å². The summed E-state index contributed by atoms with van der Waals surface area (Å²) in [6.45, 7) is 6.48. The number of nitrogens with one attached hydrogen (secondary N) is 1. The zero-order chi connectivity index (χ0) is 27.2. The zero-order valence-corrected chi connectivity index (χ0v) is 22.5. The Morgan fingerprint density at radius 1 is 1.00 bits per heavy atom. The van der Waals surface area contributed by atoms with Crippen LogP contribution in [0.1, 0.15) is 38.7 Å². The summed E-state index contributed by atoms with van der Waals surface area (Å²) in [5.74, 6) is 0.884. The lowest BCUT2D eigenvalue weighted by atomic mass is 9.86. The van der Waals surface area contributed by atoms with Gasteiger partial charge >= 0.3 is 0 Å². The van der Waals surface area contributed by atoms with Crippen LogP contribution in [0, 0.1) is 5.82 Å². The summed E-state index contributed by atoms with van der Waals surface area (Å²) in [6.07, 6.45) is 5.04. The third-order valence-electron chi connectivity index (χ3n) is 7.10. The molecule has 1 aliphatic carbocycles. The van der Waals surface area contributed by atoms with Gasteiger partial charge in [0.25, 0.3) is 6.01 Å². The SMILES string of the molecule is CCOC1=CC(F)(CN2CCC(Nc3nc(-c4ccc(F)cc4)co3)CC2)CC(OCC)=C1c1ccccc1. The molecule has 0 spiro atoms. The molecule has 8 heteroatoms. The monoisotopic (exact) mass is 535 g/mol. The molecule has 5 rings (SSSR count).